The second-order valence-corrected chi connectivity index (χ2v) is 11.2. The third-order valence-electron chi connectivity index (χ3n) is 5.56. The first kappa shape index (κ1) is 20.9. The molecule has 1 saturated carbocycles. The van der Waals surface area contributed by atoms with Crippen LogP contribution < -0.4 is 10.0 Å². The predicted molar refractivity (Wildman–Crippen MR) is 118 cm³/mol. The van der Waals surface area contributed by atoms with Gasteiger partial charge in [0, 0.05) is 18.3 Å². The molecule has 2 N–H and O–H groups in total. The molecule has 0 atom stereocenters. The molecule has 0 aliphatic heterocycles. The van der Waals surface area contributed by atoms with Gasteiger partial charge in [-0.15, -0.1) is 0 Å². The summed E-state index contributed by atoms with van der Waals surface area (Å²) in [6.45, 7) is 6.17. The van der Waals surface area contributed by atoms with Gasteiger partial charge in [-0.25, -0.2) is 13.1 Å². The molecule has 1 aliphatic rings. The van der Waals surface area contributed by atoms with Crippen LogP contribution in [0.15, 0.2) is 54.6 Å². The number of hydrogen-bond donors (Lipinski definition) is 2. The monoisotopic (exact) mass is 400 g/mol. The normalized spacial score (nSPS) is 20.7. The molecule has 1 aliphatic carbocycles. The highest BCUT2D eigenvalue weighted by molar-refractivity contribution is 7.90. The van der Waals surface area contributed by atoms with Gasteiger partial charge in [-0.3, -0.25) is 0 Å². The second kappa shape index (κ2) is 8.66. The molecule has 28 heavy (non-hydrogen) atoms. The van der Waals surface area contributed by atoms with E-state index >= 15 is 0 Å². The van der Waals surface area contributed by atoms with E-state index in [0.29, 0.717) is 5.92 Å². The van der Waals surface area contributed by atoms with E-state index in [9.17, 15) is 8.42 Å². The van der Waals surface area contributed by atoms with E-state index in [4.69, 9.17) is 0 Å². The van der Waals surface area contributed by atoms with E-state index < -0.39 is 14.8 Å². The summed E-state index contributed by atoms with van der Waals surface area (Å²) in [5, 5.41) is 3.54. The van der Waals surface area contributed by atoms with Crippen molar-refractivity contribution in [2.75, 3.05) is 11.9 Å². The first-order chi connectivity index (χ1) is 13.2. The molecule has 0 spiro atoms. The largest absolute Gasteiger partial charge is 0.385 e. The average molecular weight is 401 g/mol. The van der Waals surface area contributed by atoms with Crippen LogP contribution >= 0.6 is 0 Å². The van der Waals surface area contributed by atoms with Gasteiger partial charge in [-0.1, -0.05) is 42.5 Å². The predicted octanol–water partition coefficient (Wildman–Crippen LogP) is 5.04. The highest BCUT2D eigenvalue weighted by atomic mass is 32.2. The van der Waals surface area contributed by atoms with Crippen molar-refractivity contribution in [3.05, 3.63) is 54.6 Å². The number of benzene rings is 2. The van der Waals surface area contributed by atoms with Gasteiger partial charge in [0.25, 0.3) is 0 Å². The molecule has 2 aromatic rings. The van der Waals surface area contributed by atoms with Crippen LogP contribution in [-0.2, 0) is 10.0 Å². The van der Waals surface area contributed by atoms with Gasteiger partial charge in [-0.05, 0) is 75.6 Å². The Morgan fingerprint density at radius 3 is 2.00 bits per heavy atom. The Morgan fingerprint density at radius 1 is 0.857 bits per heavy atom. The van der Waals surface area contributed by atoms with E-state index in [2.05, 4.69) is 58.6 Å². The molecule has 3 rings (SSSR count). The van der Waals surface area contributed by atoms with Crippen LogP contribution in [0, 0.1) is 5.92 Å². The summed E-state index contributed by atoms with van der Waals surface area (Å²) in [7, 11) is -3.26. The summed E-state index contributed by atoms with van der Waals surface area (Å²) in [5.74, 6) is 0.587. The lowest BCUT2D eigenvalue weighted by atomic mass is 9.86. The second-order valence-electron chi connectivity index (χ2n) is 8.78. The SMILES string of the molecule is CC(C)(C)S(=O)(=O)NC1CCC(CNc2ccc(-c3ccccc3)cc2)CC1. The molecule has 0 amide bonds. The number of nitrogens with one attached hydrogen (secondary N) is 2. The molecule has 152 valence electrons. The van der Waals surface area contributed by atoms with Crippen molar-refractivity contribution in [1.29, 1.82) is 0 Å². The standard InChI is InChI=1S/C23H32N2O2S/c1-23(2,3)28(26,27)25-22-13-9-18(10-14-22)17-24-21-15-11-20(12-16-21)19-7-5-4-6-8-19/h4-8,11-12,15-16,18,22,24-25H,9-10,13-14,17H2,1-3H3. The van der Waals surface area contributed by atoms with Crippen LogP contribution in [0.25, 0.3) is 11.1 Å². The van der Waals surface area contributed by atoms with Gasteiger partial charge in [0.2, 0.25) is 10.0 Å². The van der Waals surface area contributed by atoms with Crippen molar-refractivity contribution in [2.45, 2.75) is 57.2 Å². The van der Waals surface area contributed by atoms with Crippen molar-refractivity contribution >= 4 is 15.7 Å². The van der Waals surface area contributed by atoms with Crippen LogP contribution in [0.1, 0.15) is 46.5 Å². The molecule has 0 aromatic heterocycles. The zero-order chi connectivity index (χ0) is 20.2. The molecular formula is C23H32N2O2S. The minimum Gasteiger partial charge on any atom is -0.385 e. The lowest BCUT2D eigenvalue weighted by Gasteiger charge is -2.31. The highest BCUT2D eigenvalue weighted by Gasteiger charge is 2.32. The third kappa shape index (κ3) is 5.36. The topological polar surface area (TPSA) is 58.2 Å². The fraction of sp³-hybridized carbons (Fsp3) is 0.478. The smallest absolute Gasteiger partial charge is 0.216 e. The first-order valence-electron chi connectivity index (χ1n) is 10.2. The van der Waals surface area contributed by atoms with Gasteiger partial charge < -0.3 is 5.32 Å². The molecule has 0 unspecified atom stereocenters. The Hall–Kier alpha value is -1.85. The van der Waals surface area contributed by atoms with Gasteiger partial charge >= 0.3 is 0 Å². The Labute approximate surface area is 169 Å². The van der Waals surface area contributed by atoms with E-state index in [1.54, 1.807) is 20.8 Å². The molecule has 0 heterocycles. The van der Waals surface area contributed by atoms with Crippen molar-refractivity contribution in [3.8, 4) is 11.1 Å². The fourth-order valence-electron chi connectivity index (χ4n) is 3.55. The lowest BCUT2D eigenvalue weighted by molar-refractivity contribution is 0.322. The van der Waals surface area contributed by atoms with Crippen molar-refractivity contribution in [2.24, 2.45) is 5.92 Å². The van der Waals surface area contributed by atoms with Crippen molar-refractivity contribution < 1.29 is 8.42 Å². The quantitative estimate of drug-likeness (QED) is 0.714. The van der Waals surface area contributed by atoms with Gasteiger partial charge in [0.05, 0.1) is 4.75 Å². The third-order valence-corrected chi connectivity index (χ3v) is 7.82. The van der Waals surface area contributed by atoms with Gasteiger partial charge in [-0.2, -0.15) is 0 Å². The molecule has 1 fully saturated rings. The first-order valence-corrected chi connectivity index (χ1v) is 11.6. The maximum absolute atomic E-state index is 12.3. The molecule has 5 heteroatoms. The van der Waals surface area contributed by atoms with E-state index in [1.165, 1.54) is 11.1 Å². The molecule has 0 radical (unpaired) electrons. The summed E-state index contributed by atoms with van der Waals surface area (Å²) in [4.78, 5) is 0. The van der Waals surface area contributed by atoms with Crippen LogP contribution in [0.5, 0.6) is 0 Å². The number of sulfonamides is 1. The molecule has 2 aromatic carbocycles. The van der Waals surface area contributed by atoms with E-state index in [0.717, 1.165) is 37.9 Å². The fourth-order valence-corrected chi connectivity index (χ4v) is 4.58. The Morgan fingerprint density at radius 2 is 1.43 bits per heavy atom. The number of hydrogen-bond acceptors (Lipinski definition) is 3. The Balaban J connectivity index is 1.46. The Bertz CT molecular complexity index is 848. The minimum atomic E-state index is -3.26. The van der Waals surface area contributed by atoms with Crippen molar-refractivity contribution in [1.82, 2.24) is 4.72 Å². The summed E-state index contributed by atoms with van der Waals surface area (Å²) in [5.41, 5.74) is 3.58. The van der Waals surface area contributed by atoms with Crippen molar-refractivity contribution in [3.63, 3.8) is 0 Å². The highest BCUT2D eigenvalue weighted by Crippen LogP contribution is 2.27. The van der Waals surface area contributed by atoms with E-state index in [-0.39, 0.29) is 6.04 Å². The summed E-state index contributed by atoms with van der Waals surface area (Å²) in [6, 6.07) is 19.0. The van der Waals surface area contributed by atoms with E-state index in [1.807, 2.05) is 6.07 Å². The zero-order valence-electron chi connectivity index (χ0n) is 17.1. The van der Waals surface area contributed by atoms with Gasteiger partial charge in [0.15, 0.2) is 0 Å². The van der Waals surface area contributed by atoms with Crippen LogP contribution in [-0.4, -0.2) is 25.8 Å². The number of anilines is 1. The van der Waals surface area contributed by atoms with Crippen LogP contribution in [0.4, 0.5) is 5.69 Å². The van der Waals surface area contributed by atoms with Gasteiger partial charge in [0.1, 0.15) is 0 Å². The maximum atomic E-state index is 12.3. The summed E-state index contributed by atoms with van der Waals surface area (Å²) in [6.07, 6.45) is 3.92. The number of rotatable bonds is 6. The summed E-state index contributed by atoms with van der Waals surface area (Å²) >= 11 is 0. The maximum Gasteiger partial charge on any atom is 0.216 e. The molecule has 0 saturated heterocycles. The average Bonchev–Trinajstić information content (AvgIpc) is 2.67. The van der Waals surface area contributed by atoms with Crippen LogP contribution in [0.3, 0.4) is 0 Å². The lowest BCUT2D eigenvalue weighted by Crippen LogP contribution is -2.46. The molecular weight excluding hydrogens is 368 g/mol. The Kier molecular flexibility index (Phi) is 6.46. The molecule has 0 bridgehead atoms. The summed E-state index contributed by atoms with van der Waals surface area (Å²) < 4.78 is 26.8. The molecule has 4 nitrogen and oxygen atoms in total. The van der Waals surface area contributed by atoms with Crippen LogP contribution in [0.2, 0.25) is 0 Å². The zero-order valence-corrected chi connectivity index (χ0v) is 17.9. The minimum absolute atomic E-state index is 0.0747.